The van der Waals surface area contributed by atoms with Crippen molar-refractivity contribution in [3.05, 3.63) is 39.9 Å². The Kier molecular flexibility index (Phi) is 5.44. The number of carboxylic acids is 1. The number of nitrogens with one attached hydrogen (secondary N) is 1. The highest BCUT2D eigenvalue weighted by Crippen LogP contribution is 2.27. The van der Waals surface area contributed by atoms with E-state index < -0.39 is 35.0 Å². The second-order valence-corrected chi connectivity index (χ2v) is 5.61. The molecule has 0 aromatic heterocycles. The summed E-state index contributed by atoms with van der Waals surface area (Å²) < 4.78 is 5.06. The first-order valence-electron chi connectivity index (χ1n) is 6.55. The molecule has 0 saturated carbocycles. The summed E-state index contributed by atoms with van der Waals surface area (Å²) in [7, 11) is 0. The van der Waals surface area contributed by atoms with Gasteiger partial charge < -0.3 is 15.2 Å². The van der Waals surface area contributed by atoms with E-state index in [0.29, 0.717) is 0 Å². The number of nitro benzene ring substituents is 1. The molecule has 0 saturated heterocycles. The lowest BCUT2D eigenvalue weighted by Gasteiger charge is -2.23. The van der Waals surface area contributed by atoms with Crippen LogP contribution in [0.25, 0.3) is 0 Å². The Labute approximate surface area is 127 Å². The fourth-order valence-electron chi connectivity index (χ4n) is 1.81. The minimum absolute atomic E-state index is 0.112. The summed E-state index contributed by atoms with van der Waals surface area (Å²) in [6.45, 7) is 4.97. The van der Waals surface area contributed by atoms with Crippen molar-refractivity contribution < 1.29 is 24.4 Å². The fraction of sp³-hybridized carbons (Fsp3) is 0.429. The normalized spacial score (nSPS) is 12.3. The number of benzene rings is 1. The molecular formula is C14H18N2O6. The van der Waals surface area contributed by atoms with Gasteiger partial charge in [-0.3, -0.25) is 14.9 Å². The average molecular weight is 310 g/mol. The second kappa shape index (κ2) is 6.88. The molecule has 22 heavy (non-hydrogen) atoms. The largest absolute Gasteiger partial charge is 0.481 e. The van der Waals surface area contributed by atoms with Gasteiger partial charge in [-0.15, -0.1) is 0 Å². The van der Waals surface area contributed by atoms with Crippen LogP contribution in [-0.4, -0.2) is 27.7 Å². The lowest BCUT2D eigenvalue weighted by atomic mass is 10.0. The molecule has 0 bridgehead atoms. The SMILES string of the molecule is CC(C)(C)OC(=O)N[C@@H](CC(=O)O)c1ccccc1[N+](=O)[O-]. The van der Waals surface area contributed by atoms with Gasteiger partial charge in [-0.05, 0) is 20.8 Å². The summed E-state index contributed by atoms with van der Waals surface area (Å²) in [5.74, 6) is -1.20. The smallest absolute Gasteiger partial charge is 0.408 e. The number of nitrogens with zero attached hydrogens (tertiary/aromatic N) is 1. The zero-order valence-corrected chi connectivity index (χ0v) is 12.5. The molecule has 2 N–H and O–H groups in total. The Morgan fingerprint density at radius 1 is 1.36 bits per heavy atom. The van der Waals surface area contributed by atoms with Gasteiger partial charge in [0.2, 0.25) is 0 Å². The van der Waals surface area contributed by atoms with E-state index in [0.717, 1.165) is 0 Å². The van der Waals surface area contributed by atoms with Crippen molar-refractivity contribution in [3.8, 4) is 0 Å². The van der Waals surface area contributed by atoms with Gasteiger partial charge in [0, 0.05) is 6.07 Å². The van der Waals surface area contributed by atoms with E-state index in [1.807, 2.05) is 0 Å². The molecule has 1 aromatic carbocycles. The number of aliphatic carboxylic acids is 1. The van der Waals surface area contributed by atoms with Crippen molar-refractivity contribution in [2.45, 2.75) is 38.8 Å². The van der Waals surface area contributed by atoms with Crippen molar-refractivity contribution in [2.75, 3.05) is 0 Å². The molecule has 0 fully saturated rings. The van der Waals surface area contributed by atoms with Gasteiger partial charge in [0.1, 0.15) is 5.60 Å². The maximum Gasteiger partial charge on any atom is 0.408 e. The highest BCUT2D eigenvalue weighted by atomic mass is 16.6. The van der Waals surface area contributed by atoms with Gasteiger partial charge in [0.15, 0.2) is 0 Å². The molecule has 8 heteroatoms. The number of carboxylic acid groups (broad SMARTS) is 1. The maximum atomic E-state index is 11.8. The van der Waals surface area contributed by atoms with Gasteiger partial charge in [-0.25, -0.2) is 4.79 Å². The quantitative estimate of drug-likeness (QED) is 0.637. The van der Waals surface area contributed by atoms with Crippen molar-refractivity contribution in [1.29, 1.82) is 0 Å². The minimum atomic E-state index is -1.20. The van der Waals surface area contributed by atoms with Crippen molar-refractivity contribution >= 4 is 17.7 Å². The van der Waals surface area contributed by atoms with Crippen molar-refractivity contribution in [1.82, 2.24) is 5.32 Å². The Hall–Kier alpha value is -2.64. The highest BCUT2D eigenvalue weighted by molar-refractivity contribution is 5.72. The van der Waals surface area contributed by atoms with Crippen LogP contribution in [0.15, 0.2) is 24.3 Å². The van der Waals surface area contributed by atoms with Gasteiger partial charge in [0.25, 0.3) is 5.69 Å². The average Bonchev–Trinajstić information content (AvgIpc) is 2.35. The van der Waals surface area contributed by atoms with Crippen LogP contribution in [0.5, 0.6) is 0 Å². The molecule has 8 nitrogen and oxygen atoms in total. The van der Waals surface area contributed by atoms with Crippen LogP contribution in [0.4, 0.5) is 10.5 Å². The number of hydrogen-bond donors (Lipinski definition) is 2. The standard InChI is InChI=1S/C14H18N2O6/c1-14(2,3)22-13(19)15-10(8-12(17)18)9-6-4-5-7-11(9)16(20)21/h4-7,10H,8H2,1-3H3,(H,15,19)(H,17,18)/t10-/m0/s1. The van der Waals surface area contributed by atoms with E-state index in [2.05, 4.69) is 5.32 Å². The molecule has 1 aromatic rings. The van der Waals surface area contributed by atoms with Crippen LogP contribution < -0.4 is 5.32 Å². The molecule has 0 aliphatic rings. The van der Waals surface area contributed by atoms with E-state index in [1.165, 1.54) is 24.3 Å². The van der Waals surface area contributed by atoms with E-state index in [9.17, 15) is 19.7 Å². The van der Waals surface area contributed by atoms with E-state index in [4.69, 9.17) is 9.84 Å². The zero-order chi connectivity index (χ0) is 16.9. The van der Waals surface area contributed by atoms with Gasteiger partial charge >= 0.3 is 12.1 Å². The lowest BCUT2D eigenvalue weighted by Crippen LogP contribution is -2.36. The van der Waals surface area contributed by atoms with Gasteiger partial charge in [-0.1, -0.05) is 18.2 Å². The van der Waals surface area contributed by atoms with E-state index >= 15 is 0 Å². The predicted octanol–water partition coefficient (Wildman–Crippen LogP) is 2.64. The minimum Gasteiger partial charge on any atom is -0.481 e. The van der Waals surface area contributed by atoms with Crippen LogP contribution in [-0.2, 0) is 9.53 Å². The predicted molar refractivity (Wildman–Crippen MR) is 77.5 cm³/mol. The van der Waals surface area contributed by atoms with Gasteiger partial charge in [0.05, 0.1) is 22.9 Å². The first-order chi connectivity index (χ1) is 10.1. The Morgan fingerprint density at radius 2 is 1.95 bits per heavy atom. The number of alkyl carbamates (subject to hydrolysis) is 1. The van der Waals surface area contributed by atoms with Crippen LogP contribution in [0.2, 0.25) is 0 Å². The number of ether oxygens (including phenoxy) is 1. The number of rotatable bonds is 5. The molecule has 120 valence electrons. The van der Waals surface area contributed by atoms with E-state index in [-0.39, 0.29) is 11.3 Å². The molecule has 0 aliphatic carbocycles. The third-order valence-corrected chi connectivity index (χ3v) is 2.58. The second-order valence-electron chi connectivity index (χ2n) is 5.61. The maximum absolute atomic E-state index is 11.8. The summed E-state index contributed by atoms with van der Waals surface area (Å²) in [6.07, 6.45) is -1.33. The summed E-state index contributed by atoms with van der Waals surface area (Å²) in [5.41, 5.74) is -0.911. The number of amides is 1. The van der Waals surface area contributed by atoms with Crippen LogP contribution in [0.3, 0.4) is 0 Å². The molecule has 0 unspecified atom stereocenters. The molecule has 1 rings (SSSR count). The molecule has 1 amide bonds. The molecule has 0 radical (unpaired) electrons. The Morgan fingerprint density at radius 3 is 2.45 bits per heavy atom. The summed E-state index contributed by atoms with van der Waals surface area (Å²) in [4.78, 5) is 33.2. The molecular weight excluding hydrogens is 292 g/mol. The summed E-state index contributed by atoms with van der Waals surface area (Å²) >= 11 is 0. The monoisotopic (exact) mass is 310 g/mol. The van der Waals surface area contributed by atoms with Crippen LogP contribution in [0.1, 0.15) is 38.8 Å². The first kappa shape index (κ1) is 17.4. The first-order valence-corrected chi connectivity index (χ1v) is 6.55. The Bertz CT molecular complexity index is 579. The number of para-hydroxylation sites is 1. The number of carbonyl (C=O) groups is 2. The third kappa shape index (κ3) is 5.39. The molecule has 0 spiro atoms. The molecule has 0 aliphatic heterocycles. The summed E-state index contributed by atoms with van der Waals surface area (Å²) in [6, 6.07) is 4.60. The molecule has 1 atom stereocenters. The Balaban J connectivity index is 3.06. The van der Waals surface area contributed by atoms with Crippen LogP contribution in [0, 0.1) is 10.1 Å². The highest BCUT2D eigenvalue weighted by Gasteiger charge is 2.27. The summed E-state index contributed by atoms with van der Waals surface area (Å²) in [5, 5.41) is 22.4. The van der Waals surface area contributed by atoms with E-state index in [1.54, 1.807) is 20.8 Å². The third-order valence-electron chi connectivity index (χ3n) is 2.58. The number of nitro groups is 1. The number of carbonyl (C=O) groups excluding carboxylic acids is 1. The van der Waals surface area contributed by atoms with Crippen LogP contribution >= 0.6 is 0 Å². The topological polar surface area (TPSA) is 119 Å². The van der Waals surface area contributed by atoms with Gasteiger partial charge in [-0.2, -0.15) is 0 Å². The number of hydrogen-bond acceptors (Lipinski definition) is 5. The van der Waals surface area contributed by atoms with Crippen molar-refractivity contribution in [2.24, 2.45) is 0 Å². The zero-order valence-electron chi connectivity index (χ0n) is 12.5. The van der Waals surface area contributed by atoms with Crippen molar-refractivity contribution in [3.63, 3.8) is 0 Å². The lowest BCUT2D eigenvalue weighted by molar-refractivity contribution is -0.385. The fourth-order valence-corrected chi connectivity index (χ4v) is 1.81. The molecule has 0 heterocycles.